The predicted octanol–water partition coefficient (Wildman–Crippen LogP) is 4.67. The molecule has 0 saturated carbocycles. The van der Waals surface area contributed by atoms with Crippen LogP contribution in [0.5, 0.6) is 0 Å². The first-order valence-electron chi connectivity index (χ1n) is 10.5. The van der Waals surface area contributed by atoms with E-state index in [2.05, 4.69) is 4.98 Å². The fraction of sp³-hybridized carbons (Fsp3) is 0.304. The zero-order valence-corrected chi connectivity index (χ0v) is 19.2. The fourth-order valence-corrected chi connectivity index (χ4v) is 5.77. The summed E-state index contributed by atoms with van der Waals surface area (Å²) in [4.78, 5) is 15.9. The molecule has 0 atom stereocenters. The number of carboxylic acid groups (broad SMARTS) is 1. The Morgan fingerprint density at radius 2 is 1.81 bits per heavy atom. The summed E-state index contributed by atoms with van der Waals surface area (Å²) >= 11 is 6.58. The van der Waals surface area contributed by atoms with Crippen molar-refractivity contribution in [2.45, 2.75) is 37.6 Å². The van der Waals surface area contributed by atoms with Crippen molar-refractivity contribution < 1.29 is 18.3 Å². The van der Waals surface area contributed by atoms with Crippen molar-refractivity contribution in [2.24, 2.45) is 0 Å². The summed E-state index contributed by atoms with van der Waals surface area (Å²) < 4.78 is 29.6. The number of benzene rings is 2. The molecule has 3 aromatic rings. The Morgan fingerprint density at radius 3 is 2.44 bits per heavy atom. The molecule has 32 heavy (non-hydrogen) atoms. The molecule has 0 spiro atoms. The average molecular weight is 474 g/mol. The molecule has 1 aliphatic rings. The van der Waals surface area contributed by atoms with Crippen molar-refractivity contribution in [2.75, 3.05) is 13.1 Å². The number of piperidine rings is 1. The summed E-state index contributed by atoms with van der Waals surface area (Å²) in [6.45, 7) is 3.66. The van der Waals surface area contributed by atoms with E-state index >= 15 is 0 Å². The Balaban J connectivity index is 1.71. The molecular formula is C23H24ClN3O4S. The van der Waals surface area contributed by atoms with Crippen molar-refractivity contribution in [3.63, 3.8) is 0 Å². The second kappa shape index (κ2) is 9.05. The SMILES string of the molecule is CCn1c(/C(Cl)=C/c2ccc(C(=O)O)cc2)nc2cc(S(=O)(=O)N3CCCCC3)ccc21. The smallest absolute Gasteiger partial charge is 0.335 e. The van der Waals surface area contributed by atoms with Crippen molar-refractivity contribution in [1.82, 2.24) is 13.9 Å². The van der Waals surface area contributed by atoms with Crippen LogP contribution >= 0.6 is 11.6 Å². The van der Waals surface area contributed by atoms with E-state index in [1.165, 1.54) is 12.1 Å². The maximum Gasteiger partial charge on any atom is 0.335 e. The summed E-state index contributed by atoms with van der Waals surface area (Å²) in [5, 5.41) is 9.43. The molecule has 168 valence electrons. The van der Waals surface area contributed by atoms with Crippen molar-refractivity contribution in [1.29, 1.82) is 0 Å². The highest BCUT2D eigenvalue weighted by molar-refractivity contribution is 7.89. The van der Waals surface area contributed by atoms with Crippen LogP contribution in [0.4, 0.5) is 0 Å². The van der Waals surface area contributed by atoms with Gasteiger partial charge in [0.2, 0.25) is 10.0 Å². The first kappa shape index (κ1) is 22.5. The number of aromatic carboxylic acids is 1. The Bertz CT molecular complexity index is 1290. The highest BCUT2D eigenvalue weighted by atomic mass is 35.5. The maximum atomic E-state index is 13.1. The molecule has 0 unspecified atom stereocenters. The largest absolute Gasteiger partial charge is 0.478 e. The molecule has 1 saturated heterocycles. The Labute approximate surface area is 192 Å². The van der Waals surface area contributed by atoms with Gasteiger partial charge in [0, 0.05) is 19.6 Å². The summed E-state index contributed by atoms with van der Waals surface area (Å²) in [6, 6.07) is 11.4. The average Bonchev–Trinajstić information content (AvgIpc) is 3.18. The molecule has 7 nitrogen and oxygen atoms in total. The molecule has 0 aliphatic carbocycles. The van der Waals surface area contributed by atoms with Gasteiger partial charge in [0.05, 0.1) is 26.5 Å². The van der Waals surface area contributed by atoms with E-state index in [0.717, 1.165) is 30.3 Å². The second-order valence-corrected chi connectivity index (χ2v) is 10.1. The third kappa shape index (κ3) is 4.30. The van der Waals surface area contributed by atoms with Gasteiger partial charge in [-0.3, -0.25) is 0 Å². The van der Waals surface area contributed by atoms with Crippen molar-refractivity contribution in [3.05, 3.63) is 59.4 Å². The van der Waals surface area contributed by atoms with Crippen LogP contribution in [-0.4, -0.2) is 46.4 Å². The van der Waals surface area contributed by atoms with E-state index < -0.39 is 16.0 Å². The normalized spacial score (nSPS) is 15.9. The van der Waals surface area contributed by atoms with E-state index in [9.17, 15) is 13.2 Å². The lowest BCUT2D eigenvalue weighted by atomic mass is 10.1. The number of aryl methyl sites for hydroxylation is 1. The van der Waals surface area contributed by atoms with Crippen LogP contribution in [0.2, 0.25) is 0 Å². The monoisotopic (exact) mass is 473 g/mol. The summed E-state index contributed by atoms with van der Waals surface area (Å²) in [5.74, 6) is -0.464. The number of hydrogen-bond donors (Lipinski definition) is 1. The molecule has 1 fully saturated rings. The molecule has 2 heterocycles. The topological polar surface area (TPSA) is 92.5 Å². The van der Waals surface area contributed by atoms with E-state index in [-0.39, 0.29) is 10.5 Å². The van der Waals surface area contributed by atoms with Gasteiger partial charge in [-0.1, -0.05) is 30.2 Å². The number of aromatic nitrogens is 2. The lowest BCUT2D eigenvalue weighted by molar-refractivity contribution is 0.0697. The number of fused-ring (bicyclic) bond motifs is 1. The number of carboxylic acids is 1. The number of hydrogen-bond acceptors (Lipinski definition) is 4. The third-order valence-electron chi connectivity index (χ3n) is 5.65. The fourth-order valence-electron chi connectivity index (χ4n) is 3.96. The molecule has 0 bridgehead atoms. The third-order valence-corrected chi connectivity index (χ3v) is 7.83. The molecule has 4 rings (SSSR count). The summed E-state index contributed by atoms with van der Waals surface area (Å²) in [6.07, 6.45) is 4.53. The van der Waals surface area contributed by atoms with Gasteiger partial charge < -0.3 is 9.67 Å². The maximum absolute atomic E-state index is 13.1. The Hall–Kier alpha value is -2.68. The first-order chi connectivity index (χ1) is 15.3. The van der Waals surface area contributed by atoms with E-state index in [4.69, 9.17) is 16.7 Å². The van der Waals surface area contributed by atoms with E-state index in [1.54, 1.807) is 40.7 Å². The van der Waals surface area contributed by atoms with Gasteiger partial charge in [0.15, 0.2) is 5.82 Å². The van der Waals surface area contributed by atoms with Gasteiger partial charge in [0.1, 0.15) is 0 Å². The zero-order chi connectivity index (χ0) is 22.9. The van der Waals surface area contributed by atoms with Gasteiger partial charge in [-0.2, -0.15) is 4.31 Å². The van der Waals surface area contributed by atoms with Crippen LogP contribution in [0.1, 0.15) is 47.9 Å². The van der Waals surface area contributed by atoms with Crippen LogP contribution in [0.25, 0.3) is 22.1 Å². The standard InChI is InChI=1S/C23H24ClN3O4S/c1-2-27-21-11-10-18(32(30,31)26-12-4-3-5-13-26)15-20(21)25-22(27)19(24)14-16-6-8-17(9-7-16)23(28)29/h6-11,14-15H,2-5,12-13H2,1H3,(H,28,29)/b19-14-. The van der Waals surface area contributed by atoms with Crippen LogP contribution in [0.3, 0.4) is 0 Å². The molecule has 1 N–H and O–H groups in total. The van der Waals surface area contributed by atoms with E-state index in [1.807, 2.05) is 11.5 Å². The van der Waals surface area contributed by atoms with Crippen LogP contribution < -0.4 is 0 Å². The molecule has 9 heteroatoms. The van der Waals surface area contributed by atoms with Gasteiger partial charge in [0.25, 0.3) is 0 Å². The van der Waals surface area contributed by atoms with Gasteiger partial charge in [-0.15, -0.1) is 0 Å². The first-order valence-corrected chi connectivity index (χ1v) is 12.3. The summed E-state index contributed by atoms with van der Waals surface area (Å²) in [5.41, 5.74) is 2.30. The van der Waals surface area contributed by atoms with Gasteiger partial charge >= 0.3 is 5.97 Å². The van der Waals surface area contributed by atoms with Crippen molar-refractivity contribution in [3.8, 4) is 0 Å². The molecular weight excluding hydrogens is 450 g/mol. The van der Waals surface area contributed by atoms with E-state index in [0.29, 0.717) is 36.0 Å². The summed E-state index contributed by atoms with van der Waals surface area (Å²) in [7, 11) is -3.56. The second-order valence-electron chi connectivity index (χ2n) is 7.71. The minimum Gasteiger partial charge on any atom is -0.478 e. The molecule has 0 radical (unpaired) electrons. The number of sulfonamides is 1. The number of imidazole rings is 1. The molecule has 1 aliphatic heterocycles. The van der Waals surface area contributed by atoms with Crippen LogP contribution in [0.15, 0.2) is 47.4 Å². The Kier molecular flexibility index (Phi) is 6.37. The Morgan fingerprint density at radius 1 is 1.12 bits per heavy atom. The minimum atomic E-state index is -3.56. The van der Waals surface area contributed by atoms with Crippen LogP contribution in [0, 0.1) is 0 Å². The van der Waals surface area contributed by atoms with Crippen LogP contribution in [-0.2, 0) is 16.6 Å². The number of rotatable bonds is 6. The molecule has 2 aromatic carbocycles. The quantitative estimate of drug-likeness (QED) is 0.561. The minimum absolute atomic E-state index is 0.196. The molecule has 0 amide bonds. The van der Waals surface area contributed by atoms with Crippen molar-refractivity contribution >= 4 is 49.7 Å². The lowest BCUT2D eigenvalue weighted by Crippen LogP contribution is -2.35. The number of halogens is 1. The highest BCUT2D eigenvalue weighted by Crippen LogP contribution is 2.29. The number of nitrogens with zero attached hydrogens (tertiary/aromatic N) is 3. The lowest BCUT2D eigenvalue weighted by Gasteiger charge is -2.25. The highest BCUT2D eigenvalue weighted by Gasteiger charge is 2.26. The van der Waals surface area contributed by atoms with Gasteiger partial charge in [-0.05, 0) is 61.7 Å². The number of carbonyl (C=O) groups is 1. The molecule has 1 aromatic heterocycles. The zero-order valence-electron chi connectivity index (χ0n) is 17.7. The predicted molar refractivity (Wildman–Crippen MR) is 125 cm³/mol. The van der Waals surface area contributed by atoms with Gasteiger partial charge in [-0.25, -0.2) is 18.2 Å².